The summed E-state index contributed by atoms with van der Waals surface area (Å²) >= 11 is 0. The number of fused-ring (bicyclic) bond motifs is 2. The van der Waals surface area contributed by atoms with Crippen molar-refractivity contribution in [3.63, 3.8) is 0 Å². The molecule has 3 aliphatic rings. The van der Waals surface area contributed by atoms with E-state index in [9.17, 15) is 13.9 Å². The minimum absolute atomic E-state index is 0.0663. The van der Waals surface area contributed by atoms with Crippen LogP contribution in [0, 0.1) is 24.0 Å². The third-order valence-electron chi connectivity index (χ3n) is 8.67. The molecular weight excluding hydrogens is 547 g/mol. The molecule has 11 heteroatoms. The average molecular weight is 576 g/mol. The number of hydrogen-bond donors (Lipinski definition) is 2. The molecule has 3 aliphatic heterocycles. The van der Waals surface area contributed by atoms with Gasteiger partial charge in [-0.15, -0.1) is 6.42 Å². The second-order valence-corrected chi connectivity index (χ2v) is 11.2. The number of nitrogens with one attached hydrogen (secondary N) is 1. The Bertz CT molecular complexity index is 1790. The van der Waals surface area contributed by atoms with Crippen molar-refractivity contribution in [1.29, 1.82) is 0 Å². The second-order valence-electron chi connectivity index (χ2n) is 11.2. The third kappa shape index (κ3) is 4.16. The Morgan fingerprint density at radius 3 is 2.90 bits per heavy atom. The molecular formula is C31H28F3N5O3. The molecule has 42 heavy (non-hydrogen) atoms. The maximum atomic E-state index is 16.6. The number of alkyl halides is 1. The van der Waals surface area contributed by atoms with Gasteiger partial charge in [0.2, 0.25) is 5.88 Å². The Morgan fingerprint density at radius 1 is 1.24 bits per heavy atom. The Hall–Kier alpha value is -4.30. The number of anilines is 1. The number of phenolic OH excluding ortho intramolecular Hbond substituents is 1. The molecule has 0 radical (unpaired) electrons. The quantitative estimate of drug-likeness (QED) is 0.308. The summed E-state index contributed by atoms with van der Waals surface area (Å²) in [7, 11) is 0. The van der Waals surface area contributed by atoms with E-state index in [1.807, 2.05) is 6.92 Å². The number of nitrogens with zero attached hydrogens (tertiary/aromatic N) is 4. The number of ether oxygens (including phenoxy) is 2. The summed E-state index contributed by atoms with van der Waals surface area (Å²) in [4.78, 5) is 15.6. The Balaban J connectivity index is 1.41. The van der Waals surface area contributed by atoms with Crippen molar-refractivity contribution in [2.24, 2.45) is 0 Å². The summed E-state index contributed by atoms with van der Waals surface area (Å²) in [6.07, 6.45) is 7.51. The van der Waals surface area contributed by atoms with Crippen LogP contribution in [0.3, 0.4) is 0 Å². The highest BCUT2D eigenvalue weighted by Gasteiger charge is 2.49. The first kappa shape index (κ1) is 26.6. The largest absolute Gasteiger partial charge is 0.508 e. The molecule has 5 heterocycles. The average Bonchev–Trinajstić information content (AvgIpc) is 3.43. The third-order valence-corrected chi connectivity index (χ3v) is 8.67. The van der Waals surface area contributed by atoms with E-state index in [1.165, 1.54) is 24.3 Å². The van der Waals surface area contributed by atoms with Crippen LogP contribution in [0.5, 0.6) is 17.6 Å². The van der Waals surface area contributed by atoms with Gasteiger partial charge < -0.3 is 19.9 Å². The Kier molecular flexibility index (Phi) is 6.27. The maximum absolute atomic E-state index is 16.6. The minimum Gasteiger partial charge on any atom is -0.508 e. The highest BCUT2D eigenvalue weighted by atomic mass is 19.1. The van der Waals surface area contributed by atoms with Gasteiger partial charge in [0, 0.05) is 23.9 Å². The molecule has 4 aromatic rings. The number of aromatic hydroxyl groups is 1. The number of pyridine rings is 1. The second kappa shape index (κ2) is 9.91. The number of aromatic nitrogens is 3. The predicted octanol–water partition coefficient (Wildman–Crippen LogP) is 5.35. The summed E-state index contributed by atoms with van der Waals surface area (Å²) < 4.78 is 57.8. The first-order valence-corrected chi connectivity index (χ1v) is 14.0. The maximum Gasteiger partial charge on any atom is 0.319 e. The summed E-state index contributed by atoms with van der Waals surface area (Å²) in [5.41, 5.74) is -0.784. The fourth-order valence-electron chi connectivity index (χ4n) is 6.61. The van der Waals surface area contributed by atoms with Crippen molar-refractivity contribution in [3.05, 3.63) is 41.5 Å². The van der Waals surface area contributed by atoms with Gasteiger partial charge in [-0.05, 0) is 49.4 Å². The molecule has 2 N–H and O–H groups in total. The monoisotopic (exact) mass is 575 g/mol. The topological polar surface area (TPSA) is 92.6 Å². The van der Waals surface area contributed by atoms with E-state index in [0.717, 1.165) is 19.4 Å². The standard InChI is InChI=1S/C31H28F3N5O3/c1-3-18-14-41-29-24-27(37-30(38-28(24)35-18)42-15-31-8-5-9-39(31)13-17(32)12-31)25(34)26(36-29)21-11-19(40)10-16-6-7-22(33)20(4-2)23(16)21/h2,6-7,10-11,17-18,40H,3,5,8-9,12-15H2,1H3,(H,35,37,38)/t17-,18+,31+/m1/s1. The number of phenols is 1. The molecule has 2 aromatic heterocycles. The van der Waals surface area contributed by atoms with E-state index >= 15 is 4.39 Å². The molecule has 216 valence electrons. The van der Waals surface area contributed by atoms with E-state index in [2.05, 4.69) is 31.1 Å². The van der Waals surface area contributed by atoms with Gasteiger partial charge in [0.1, 0.15) is 53.4 Å². The van der Waals surface area contributed by atoms with E-state index < -0.39 is 23.3 Å². The zero-order valence-corrected chi connectivity index (χ0v) is 22.9. The van der Waals surface area contributed by atoms with Crippen LogP contribution in [0.15, 0.2) is 24.3 Å². The van der Waals surface area contributed by atoms with Gasteiger partial charge in [-0.25, -0.2) is 18.2 Å². The SMILES string of the molecule is C#Cc1c(F)ccc2cc(O)cc(-c3nc4c5c(nc(OC[C@@]67CCCN6C[C@H](F)C7)nc5c3F)N[C@@H](CC)CO4)c12. The van der Waals surface area contributed by atoms with Crippen LogP contribution in [0.2, 0.25) is 0 Å². The van der Waals surface area contributed by atoms with Crippen LogP contribution in [0.4, 0.5) is 19.0 Å². The number of hydrogen-bond acceptors (Lipinski definition) is 8. The summed E-state index contributed by atoms with van der Waals surface area (Å²) in [6.45, 7) is 3.53. The highest BCUT2D eigenvalue weighted by molar-refractivity contribution is 6.04. The molecule has 8 nitrogen and oxygen atoms in total. The Labute approximate surface area is 239 Å². The van der Waals surface area contributed by atoms with Crippen molar-refractivity contribution in [2.75, 3.05) is 31.6 Å². The molecule has 3 atom stereocenters. The lowest BCUT2D eigenvalue weighted by Crippen LogP contribution is -2.43. The van der Waals surface area contributed by atoms with Crippen molar-refractivity contribution < 1.29 is 27.8 Å². The fraction of sp³-hybridized carbons (Fsp3) is 0.387. The molecule has 0 unspecified atom stereocenters. The van der Waals surface area contributed by atoms with Crippen LogP contribution in [0.1, 0.15) is 38.2 Å². The number of halogens is 3. The van der Waals surface area contributed by atoms with Gasteiger partial charge >= 0.3 is 6.01 Å². The molecule has 2 saturated heterocycles. The smallest absolute Gasteiger partial charge is 0.319 e. The number of benzene rings is 2. The van der Waals surface area contributed by atoms with Crippen LogP contribution >= 0.6 is 0 Å². The molecule has 2 fully saturated rings. The van der Waals surface area contributed by atoms with E-state index in [0.29, 0.717) is 30.6 Å². The normalized spacial score (nSPS) is 23.3. The molecule has 0 aliphatic carbocycles. The molecule has 2 aromatic carbocycles. The lowest BCUT2D eigenvalue weighted by molar-refractivity contribution is 0.107. The Morgan fingerprint density at radius 2 is 2.10 bits per heavy atom. The summed E-state index contributed by atoms with van der Waals surface area (Å²) in [6, 6.07) is 5.13. The van der Waals surface area contributed by atoms with Gasteiger partial charge in [0.05, 0.1) is 17.1 Å². The van der Waals surface area contributed by atoms with Crippen LogP contribution in [0.25, 0.3) is 32.9 Å². The first-order chi connectivity index (χ1) is 20.3. The van der Waals surface area contributed by atoms with Gasteiger partial charge in [-0.3, -0.25) is 4.90 Å². The van der Waals surface area contributed by atoms with Gasteiger partial charge in [-0.1, -0.05) is 18.9 Å². The number of terminal acetylenes is 1. The molecule has 7 rings (SSSR count). The van der Waals surface area contributed by atoms with Gasteiger partial charge in [-0.2, -0.15) is 9.97 Å². The minimum atomic E-state index is -0.927. The molecule has 0 saturated carbocycles. The van der Waals surface area contributed by atoms with E-state index in [1.54, 1.807) is 0 Å². The predicted molar refractivity (Wildman–Crippen MR) is 152 cm³/mol. The lowest BCUT2D eigenvalue weighted by atomic mass is 9.95. The van der Waals surface area contributed by atoms with Gasteiger partial charge in [0.25, 0.3) is 0 Å². The highest BCUT2D eigenvalue weighted by Crippen LogP contribution is 2.43. The zero-order chi connectivity index (χ0) is 29.2. The lowest BCUT2D eigenvalue weighted by Gasteiger charge is -2.30. The summed E-state index contributed by atoms with van der Waals surface area (Å²) in [5, 5.41) is 14.7. The van der Waals surface area contributed by atoms with E-state index in [4.69, 9.17) is 15.9 Å². The zero-order valence-electron chi connectivity index (χ0n) is 22.9. The molecule has 0 bridgehead atoms. The van der Waals surface area contributed by atoms with Crippen molar-refractivity contribution in [3.8, 4) is 41.2 Å². The van der Waals surface area contributed by atoms with Crippen molar-refractivity contribution >= 4 is 27.5 Å². The molecule has 0 spiro atoms. The first-order valence-electron chi connectivity index (χ1n) is 14.0. The van der Waals surface area contributed by atoms with Gasteiger partial charge in [0.15, 0.2) is 5.82 Å². The fourth-order valence-corrected chi connectivity index (χ4v) is 6.61. The van der Waals surface area contributed by atoms with Crippen molar-refractivity contribution in [2.45, 2.75) is 50.4 Å². The van der Waals surface area contributed by atoms with E-state index in [-0.39, 0.29) is 70.0 Å². The number of rotatable bonds is 5. The summed E-state index contributed by atoms with van der Waals surface area (Å²) in [5.74, 6) is 1.05. The van der Waals surface area contributed by atoms with Crippen LogP contribution < -0.4 is 14.8 Å². The van der Waals surface area contributed by atoms with Crippen LogP contribution in [-0.2, 0) is 0 Å². The molecule has 0 amide bonds. The van der Waals surface area contributed by atoms with Crippen LogP contribution in [-0.4, -0.2) is 69.0 Å². The van der Waals surface area contributed by atoms with Crippen molar-refractivity contribution in [1.82, 2.24) is 19.9 Å².